The standard InChI is InChI=1S/C17H16N2O3/c1-12(17(20)19-11-14-7-4-10-21-14)22-15-8-2-5-13-6-3-9-18-16(13)15/h2-10,12H,11H2,1H3,(H,19,20)/t12-/m0/s1. The summed E-state index contributed by atoms with van der Waals surface area (Å²) >= 11 is 0. The van der Waals surface area contributed by atoms with Crippen molar-refractivity contribution in [3.05, 3.63) is 60.7 Å². The van der Waals surface area contributed by atoms with E-state index in [1.165, 1.54) is 0 Å². The molecule has 0 fully saturated rings. The largest absolute Gasteiger partial charge is 0.479 e. The summed E-state index contributed by atoms with van der Waals surface area (Å²) in [4.78, 5) is 16.4. The fourth-order valence-electron chi connectivity index (χ4n) is 2.15. The molecule has 0 bridgehead atoms. The van der Waals surface area contributed by atoms with Crippen LogP contribution >= 0.6 is 0 Å². The number of ether oxygens (including phenoxy) is 1. The Bertz CT molecular complexity index is 763. The van der Waals surface area contributed by atoms with Crippen molar-refractivity contribution in [2.75, 3.05) is 0 Å². The average molecular weight is 296 g/mol. The fourth-order valence-corrected chi connectivity index (χ4v) is 2.15. The Morgan fingerprint density at radius 2 is 2.14 bits per heavy atom. The highest BCUT2D eigenvalue weighted by atomic mass is 16.5. The number of nitrogens with zero attached hydrogens (tertiary/aromatic N) is 1. The zero-order valence-electron chi connectivity index (χ0n) is 12.2. The maximum Gasteiger partial charge on any atom is 0.261 e. The first-order chi connectivity index (χ1) is 10.7. The molecule has 1 N–H and O–H groups in total. The minimum absolute atomic E-state index is 0.204. The van der Waals surface area contributed by atoms with E-state index in [4.69, 9.17) is 9.15 Å². The highest BCUT2D eigenvalue weighted by Crippen LogP contribution is 2.23. The van der Waals surface area contributed by atoms with Crippen molar-refractivity contribution in [1.82, 2.24) is 10.3 Å². The van der Waals surface area contributed by atoms with Gasteiger partial charge >= 0.3 is 0 Å². The van der Waals surface area contributed by atoms with Gasteiger partial charge in [0.15, 0.2) is 6.10 Å². The summed E-state index contributed by atoms with van der Waals surface area (Å²) in [6.45, 7) is 2.05. The van der Waals surface area contributed by atoms with E-state index < -0.39 is 6.10 Å². The predicted molar refractivity (Wildman–Crippen MR) is 82.4 cm³/mol. The molecule has 0 aliphatic rings. The summed E-state index contributed by atoms with van der Waals surface area (Å²) in [5.41, 5.74) is 0.746. The Hall–Kier alpha value is -2.82. The molecule has 5 heteroatoms. The lowest BCUT2D eigenvalue weighted by Gasteiger charge is -2.15. The minimum atomic E-state index is -0.623. The summed E-state index contributed by atoms with van der Waals surface area (Å²) in [6, 6.07) is 13.1. The molecule has 3 rings (SSSR count). The summed E-state index contributed by atoms with van der Waals surface area (Å²) in [6.07, 6.45) is 2.66. The SMILES string of the molecule is C[C@H](Oc1cccc2cccnc12)C(=O)NCc1ccco1. The Morgan fingerprint density at radius 1 is 1.27 bits per heavy atom. The van der Waals surface area contributed by atoms with Gasteiger partial charge in [-0.15, -0.1) is 0 Å². The maximum atomic E-state index is 12.1. The van der Waals surface area contributed by atoms with Crippen LogP contribution in [0, 0.1) is 0 Å². The molecule has 2 heterocycles. The van der Waals surface area contributed by atoms with Crippen molar-refractivity contribution >= 4 is 16.8 Å². The number of nitrogens with one attached hydrogen (secondary N) is 1. The molecule has 0 radical (unpaired) electrons. The molecule has 0 aliphatic heterocycles. The number of amides is 1. The summed E-state index contributed by atoms with van der Waals surface area (Å²) < 4.78 is 10.9. The van der Waals surface area contributed by atoms with Gasteiger partial charge < -0.3 is 14.5 Å². The second-order valence-electron chi connectivity index (χ2n) is 4.89. The van der Waals surface area contributed by atoms with Crippen LogP contribution in [0.25, 0.3) is 10.9 Å². The first-order valence-electron chi connectivity index (χ1n) is 7.04. The van der Waals surface area contributed by atoms with Gasteiger partial charge in [-0.3, -0.25) is 9.78 Å². The highest BCUT2D eigenvalue weighted by molar-refractivity contribution is 5.85. The lowest BCUT2D eigenvalue weighted by Crippen LogP contribution is -2.35. The predicted octanol–water partition coefficient (Wildman–Crippen LogP) is 2.91. The summed E-state index contributed by atoms with van der Waals surface area (Å²) in [7, 11) is 0. The number of benzene rings is 1. The Balaban J connectivity index is 1.67. The molecule has 5 nitrogen and oxygen atoms in total. The van der Waals surface area contributed by atoms with Crippen molar-refractivity contribution in [2.45, 2.75) is 19.6 Å². The number of rotatable bonds is 5. The molecule has 1 atom stereocenters. The number of furan rings is 1. The van der Waals surface area contributed by atoms with E-state index in [-0.39, 0.29) is 5.91 Å². The second-order valence-corrected chi connectivity index (χ2v) is 4.89. The molecular weight excluding hydrogens is 280 g/mol. The van der Waals surface area contributed by atoms with Crippen molar-refractivity contribution < 1.29 is 13.9 Å². The van der Waals surface area contributed by atoms with Crippen molar-refractivity contribution in [3.8, 4) is 5.75 Å². The van der Waals surface area contributed by atoms with Crippen LogP contribution in [0.5, 0.6) is 5.75 Å². The molecule has 0 aliphatic carbocycles. The number of fused-ring (bicyclic) bond motifs is 1. The van der Waals surface area contributed by atoms with Gasteiger partial charge in [0.2, 0.25) is 0 Å². The van der Waals surface area contributed by atoms with Gasteiger partial charge in [-0.05, 0) is 31.2 Å². The molecule has 112 valence electrons. The molecule has 0 spiro atoms. The minimum Gasteiger partial charge on any atom is -0.479 e. The summed E-state index contributed by atoms with van der Waals surface area (Å²) in [5.74, 6) is 1.09. The van der Waals surface area contributed by atoms with Gasteiger partial charge in [0.1, 0.15) is 17.0 Å². The van der Waals surface area contributed by atoms with Gasteiger partial charge in [0, 0.05) is 11.6 Å². The number of aromatic nitrogens is 1. The zero-order chi connectivity index (χ0) is 15.4. The Morgan fingerprint density at radius 3 is 2.95 bits per heavy atom. The molecular formula is C17H16N2O3. The van der Waals surface area contributed by atoms with Crippen LogP contribution in [0.2, 0.25) is 0 Å². The molecule has 0 saturated heterocycles. The number of para-hydroxylation sites is 1. The lowest BCUT2D eigenvalue weighted by atomic mass is 10.2. The van der Waals surface area contributed by atoms with E-state index >= 15 is 0 Å². The molecule has 2 aromatic heterocycles. The number of carbonyl (C=O) groups is 1. The molecule has 1 aromatic carbocycles. The second kappa shape index (κ2) is 6.30. The van der Waals surface area contributed by atoms with Gasteiger partial charge in [-0.2, -0.15) is 0 Å². The van der Waals surface area contributed by atoms with Crippen LogP contribution in [-0.4, -0.2) is 17.0 Å². The van der Waals surface area contributed by atoms with Crippen LogP contribution < -0.4 is 10.1 Å². The van der Waals surface area contributed by atoms with Crippen molar-refractivity contribution in [2.24, 2.45) is 0 Å². The first kappa shape index (κ1) is 14.1. The molecule has 3 aromatic rings. The van der Waals surface area contributed by atoms with Crippen LogP contribution in [0.3, 0.4) is 0 Å². The van der Waals surface area contributed by atoms with Crippen LogP contribution in [0.4, 0.5) is 0 Å². The van der Waals surface area contributed by atoms with Gasteiger partial charge in [-0.1, -0.05) is 18.2 Å². The number of pyridine rings is 1. The number of carbonyl (C=O) groups excluding carboxylic acids is 1. The van der Waals surface area contributed by atoms with Gasteiger partial charge in [0.25, 0.3) is 5.91 Å². The monoisotopic (exact) mass is 296 g/mol. The average Bonchev–Trinajstić information content (AvgIpc) is 3.06. The highest BCUT2D eigenvalue weighted by Gasteiger charge is 2.16. The molecule has 22 heavy (non-hydrogen) atoms. The van der Waals surface area contributed by atoms with E-state index in [1.54, 1.807) is 31.5 Å². The van der Waals surface area contributed by atoms with E-state index in [1.807, 2.05) is 30.3 Å². The van der Waals surface area contributed by atoms with E-state index in [0.29, 0.717) is 18.1 Å². The zero-order valence-corrected chi connectivity index (χ0v) is 12.2. The first-order valence-corrected chi connectivity index (χ1v) is 7.04. The topological polar surface area (TPSA) is 64.4 Å². The smallest absolute Gasteiger partial charge is 0.261 e. The molecule has 0 saturated carbocycles. The van der Waals surface area contributed by atoms with Crippen molar-refractivity contribution in [1.29, 1.82) is 0 Å². The van der Waals surface area contributed by atoms with Gasteiger partial charge in [0.05, 0.1) is 12.8 Å². The van der Waals surface area contributed by atoms with Crippen LogP contribution in [0.15, 0.2) is 59.3 Å². The van der Waals surface area contributed by atoms with Gasteiger partial charge in [-0.25, -0.2) is 0 Å². The summed E-state index contributed by atoms with van der Waals surface area (Å²) in [5, 5.41) is 3.75. The Kier molecular flexibility index (Phi) is 4.05. The molecule has 1 amide bonds. The number of hydrogen-bond acceptors (Lipinski definition) is 4. The normalized spacial score (nSPS) is 12.0. The molecule has 0 unspecified atom stereocenters. The third-order valence-corrected chi connectivity index (χ3v) is 3.29. The van der Waals surface area contributed by atoms with Crippen LogP contribution in [-0.2, 0) is 11.3 Å². The quantitative estimate of drug-likeness (QED) is 0.786. The van der Waals surface area contributed by atoms with E-state index in [2.05, 4.69) is 10.3 Å². The third-order valence-electron chi connectivity index (χ3n) is 3.29. The Labute approximate surface area is 127 Å². The van der Waals surface area contributed by atoms with Crippen LogP contribution in [0.1, 0.15) is 12.7 Å². The van der Waals surface area contributed by atoms with E-state index in [0.717, 1.165) is 10.9 Å². The fraction of sp³-hybridized carbons (Fsp3) is 0.176. The number of hydrogen-bond donors (Lipinski definition) is 1. The van der Waals surface area contributed by atoms with E-state index in [9.17, 15) is 4.79 Å². The maximum absolute atomic E-state index is 12.1. The lowest BCUT2D eigenvalue weighted by molar-refractivity contribution is -0.127. The third kappa shape index (κ3) is 3.09. The van der Waals surface area contributed by atoms with Crippen molar-refractivity contribution in [3.63, 3.8) is 0 Å².